The minimum Gasteiger partial charge on any atom is -0.506 e. The van der Waals surface area contributed by atoms with Gasteiger partial charge in [0.15, 0.2) is 0 Å². The van der Waals surface area contributed by atoms with Gasteiger partial charge < -0.3 is 41.2 Å². The molecule has 0 atom stereocenters. The van der Waals surface area contributed by atoms with E-state index >= 15 is 0 Å². The van der Waals surface area contributed by atoms with Gasteiger partial charge in [0.25, 0.3) is 11.8 Å². The van der Waals surface area contributed by atoms with E-state index < -0.39 is 11.8 Å². The predicted molar refractivity (Wildman–Crippen MR) is 230 cm³/mol. The van der Waals surface area contributed by atoms with Crippen molar-refractivity contribution in [1.29, 1.82) is 0 Å². The Kier molecular flexibility index (Phi) is 17.0. The molecule has 0 spiro atoms. The summed E-state index contributed by atoms with van der Waals surface area (Å²) in [5.41, 5.74) is 16.1. The van der Waals surface area contributed by atoms with E-state index in [1.54, 1.807) is 66.7 Å². The topological polar surface area (TPSA) is 238 Å². The van der Waals surface area contributed by atoms with Gasteiger partial charge >= 0.3 is 0 Å². The van der Waals surface area contributed by atoms with Crippen LogP contribution in [0.2, 0.25) is 0 Å². The van der Waals surface area contributed by atoms with Crippen LogP contribution in [0.15, 0.2) is 101 Å². The molecule has 5 aromatic rings. The first-order valence-corrected chi connectivity index (χ1v) is 19.8. The fraction of sp³-hybridized carbons (Fsp3) is 0.295. The smallest absolute Gasteiger partial charge is 0.257 e. The minimum absolute atomic E-state index is 0.0250. The number of benzene rings is 4. The Morgan fingerprint density at radius 2 is 1.55 bits per heavy atom. The quantitative estimate of drug-likeness (QED) is 0.0265. The number of nitrogens with one attached hydrogen (secondary N) is 3. The van der Waals surface area contributed by atoms with Gasteiger partial charge in [-0.15, -0.1) is 5.11 Å². The zero-order chi connectivity index (χ0) is 42.7. The number of aromatic nitrogens is 2. The number of hydrogen-bond acceptors (Lipinski definition) is 11. The molecule has 1 heterocycles. The van der Waals surface area contributed by atoms with Gasteiger partial charge in [0.2, 0.25) is 17.8 Å². The molecule has 4 amide bonds. The van der Waals surface area contributed by atoms with Crippen LogP contribution in [-0.2, 0) is 27.2 Å². The van der Waals surface area contributed by atoms with Crippen LogP contribution in [-0.4, -0.2) is 84.3 Å². The van der Waals surface area contributed by atoms with Crippen molar-refractivity contribution in [2.45, 2.75) is 39.2 Å². The number of nitrogens with two attached hydrogens (primary N) is 2. The van der Waals surface area contributed by atoms with Gasteiger partial charge in [0.1, 0.15) is 11.4 Å². The number of carbonyl (C=O) groups is 4. The van der Waals surface area contributed by atoms with Crippen LogP contribution < -0.4 is 27.4 Å². The van der Waals surface area contributed by atoms with Crippen molar-refractivity contribution in [3.05, 3.63) is 119 Å². The predicted octanol–water partition coefficient (Wildman–Crippen LogP) is 5.79. The molecule has 0 aliphatic heterocycles. The zero-order valence-electron chi connectivity index (χ0n) is 33.6. The third kappa shape index (κ3) is 13.4. The van der Waals surface area contributed by atoms with E-state index in [1.807, 2.05) is 29.7 Å². The van der Waals surface area contributed by atoms with Crippen molar-refractivity contribution in [2.75, 3.05) is 51.4 Å². The van der Waals surface area contributed by atoms with Crippen molar-refractivity contribution in [3.8, 4) is 5.75 Å². The molecule has 60 heavy (non-hydrogen) atoms. The number of imidazole rings is 1. The molecule has 0 saturated carbocycles. The molecule has 0 radical (unpaired) electrons. The summed E-state index contributed by atoms with van der Waals surface area (Å²) >= 11 is 0. The van der Waals surface area contributed by atoms with Crippen molar-refractivity contribution >= 4 is 58.1 Å². The number of nitrogens with zero attached hydrogens (tertiary/aromatic N) is 4. The lowest BCUT2D eigenvalue weighted by Crippen LogP contribution is -2.25. The highest BCUT2D eigenvalue weighted by Gasteiger charge is 2.16. The van der Waals surface area contributed by atoms with Crippen LogP contribution in [0.5, 0.6) is 5.75 Å². The minimum atomic E-state index is -0.619. The first-order valence-electron chi connectivity index (χ1n) is 19.8. The SMILES string of the molecule is CCCn1c(NC(=O)c2cccc(C(N)=O)c2)nc2cc(/C=C/C(=O)NCCCOCCOCCCNC(=O)c3ccc(N=Nc4cc(CCN)ccc4O)cc3)ccc21. The molecule has 8 N–H and O–H groups in total. The standard InChI is InChI=1S/C44H51N9O7/c1-2-22-53-38-15-8-30(27-36(38)49-44(53)50-43(58)34-7-3-6-33(29-34)41(46)56)10-17-40(55)47-20-4-23-59-25-26-60-24-5-21-48-42(57)32-11-13-35(14-12-32)51-52-37-28-31(18-19-45)9-16-39(37)54/h3,6-17,27-29,54H,2,4-5,18-26,45H2,1H3,(H2,46,56)(H,47,55)(H,48,57)(H,49,50,58)/b17-10+,52-51?. The summed E-state index contributed by atoms with van der Waals surface area (Å²) in [4.78, 5) is 54.2. The Hall–Kier alpha value is -6.75. The highest BCUT2D eigenvalue weighted by Crippen LogP contribution is 2.29. The van der Waals surface area contributed by atoms with Crippen molar-refractivity contribution < 1.29 is 33.8 Å². The largest absolute Gasteiger partial charge is 0.506 e. The number of carbonyl (C=O) groups excluding carboxylic acids is 4. The number of azo groups is 1. The van der Waals surface area contributed by atoms with E-state index in [4.69, 9.17) is 20.9 Å². The number of anilines is 1. The molecular formula is C44H51N9O7. The van der Waals surface area contributed by atoms with E-state index in [1.165, 1.54) is 12.1 Å². The maximum atomic E-state index is 13.0. The summed E-state index contributed by atoms with van der Waals surface area (Å²) < 4.78 is 13.1. The van der Waals surface area contributed by atoms with E-state index in [2.05, 4.69) is 31.2 Å². The van der Waals surface area contributed by atoms with Crippen LogP contribution in [0, 0.1) is 0 Å². The summed E-state index contributed by atoms with van der Waals surface area (Å²) in [5.74, 6) is -1.08. The molecule has 314 valence electrons. The van der Waals surface area contributed by atoms with Gasteiger partial charge in [-0.25, -0.2) is 4.98 Å². The van der Waals surface area contributed by atoms with Gasteiger partial charge in [0, 0.05) is 55.6 Å². The number of ether oxygens (including phenoxy) is 2. The van der Waals surface area contributed by atoms with Gasteiger partial charge in [-0.1, -0.05) is 25.1 Å². The number of rotatable bonds is 23. The van der Waals surface area contributed by atoms with Crippen LogP contribution in [0.3, 0.4) is 0 Å². The number of fused-ring (bicyclic) bond motifs is 1. The summed E-state index contributed by atoms with van der Waals surface area (Å²) in [6.07, 6.45) is 5.90. The van der Waals surface area contributed by atoms with Crippen molar-refractivity contribution in [1.82, 2.24) is 20.2 Å². The lowest BCUT2D eigenvalue weighted by atomic mass is 10.1. The molecule has 0 saturated heterocycles. The number of hydrogen-bond donors (Lipinski definition) is 6. The normalized spacial score (nSPS) is 11.4. The highest BCUT2D eigenvalue weighted by atomic mass is 16.5. The summed E-state index contributed by atoms with van der Waals surface area (Å²) in [6.45, 7) is 5.78. The van der Waals surface area contributed by atoms with Gasteiger partial charge in [-0.05, 0) is 116 Å². The second-order valence-electron chi connectivity index (χ2n) is 13.7. The Morgan fingerprint density at radius 3 is 2.27 bits per heavy atom. The monoisotopic (exact) mass is 817 g/mol. The third-order valence-electron chi connectivity index (χ3n) is 9.04. The van der Waals surface area contributed by atoms with Crippen LogP contribution in [0.4, 0.5) is 17.3 Å². The Morgan fingerprint density at radius 1 is 0.817 bits per heavy atom. The average molecular weight is 818 g/mol. The lowest BCUT2D eigenvalue weighted by Gasteiger charge is -2.09. The second kappa shape index (κ2) is 23.0. The van der Waals surface area contributed by atoms with Crippen molar-refractivity contribution in [3.63, 3.8) is 0 Å². The van der Waals surface area contributed by atoms with Gasteiger partial charge in [-0.3, -0.25) is 24.5 Å². The third-order valence-corrected chi connectivity index (χ3v) is 9.04. The van der Waals surface area contributed by atoms with E-state index in [-0.39, 0.29) is 28.7 Å². The number of aromatic hydroxyl groups is 1. The molecule has 4 aromatic carbocycles. The van der Waals surface area contributed by atoms with Gasteiger partial charge in [-0.2, -0.15) is 5.11 Å². The summed E-state index contributed by atoms with van der Waals surface area (Å²) in [5, 5.41) is 26.9. The Balaban J connectivity index is 0.926. The first kappa shape index (κ1) is 44.4. The molecule has 0 fully saturated rings. The van der Waals surface area contributed by atoms with Crippen LogP contribution in [0.25, 0.3) is 17.1 Å². The van der Waals surface area contributed by atoms with Crippen molar-refractivity contribution in [2.24, 2.45) is 21.7 Å². The molecule has 0 bridgehead atoms. The molecule has 5 rings (SSSR count). The molecule has 1 aromatic heterocycles. The molecule has 0 unspecified atom stereocenters. The molecular weight excluding hydrogens is 767 g/mol. The number of amides is 4. The molecule has 0 aliphatic rings. The highest BCUT2D eigenvalue weighted by molar-refractivity contribution is 6.06. The molecule has 0 aliphatic carbocycles. The maximum Gasteiger partial charge on any atom is 0.257 e. The molecule has 16 nitrogen and oxygen atoms in total. The number of primary amides is 1. The van der Waals surface area contributed by atoms with E-state index in [9.17, 15) is 24.3 Å². The first-order chi connectivity index (χ1) is 29.1. The van der Waals surface area contributed by atoms with E-state index in [0.717, 1.165) is 23.1 Å². The number of aryl methyl sites for hydroxylation is 1. The fourth-order valence-electron chi connectivity index (χ4n) is 5.96. The molecule has 16 heteroatoms. The Labute approximate surface area is 348 Å². The second-order valence-corrected chi connectivity index (χ2v) is 13.7. The number of phenolic OH excluding ortho intramolecular Hbond substituents is 1. The average Bonchev–Trinajstić information content (AvgIpc) is 3.59. The van der Waals surface area contributed by atoms with Crippen LogP contribution in [0.1, 0.15) is 68.4 Å². The fourth-order valence-corrected chi connectivity index (χ4v) is 5.96. The lowest BCUT2D eigenvalue weighted by molar-refractivity contribution is -0.116. The van der Waals surface area contributed by atoms with Gasteiger partial charge in [0.05, 0.1) is 29.9 Å². The number of phenols is 1. The summed E-state index contributed by atoms with van der Waals surface area (Å²) in [7, 11) is 0. The Bertz CT molecular complexity index is 2310. The zero-order valence-corrected chi connectivity index (χ0v) is 33.6. The summed E-state index contributed by atoms with van der Waals surface area (Å²) in [6, 6.07) is 23.6. The maximum absolute atomic E-state index is 13.0. The van der Waals surface area contributed by atoms with E-state index in [0.29, 0.717) is 100 Å². The van der Waals surface area contributed by atoms with Crippen LogP contribution >= 0.6 is 0 Å².